The fourth-order valence-electron chi connectivity index (χ4n) is 3.55. The minimum atomic E-state index is -0.0735. The minimum Gasteiger partial charge on any atom is -0.497 e. The molecular weight excluding hydrogens is 354 g/mol. The molecule has 1 N–H and O–H groups in total. The highest BCUT2D eigenvalue weighted by atomic mass is 16.5. The van der Waals surface area contributed by atoms with Crippen LogP contribution >= 0.6 is 0 Å². The molecule has 0 radical (unpaired) electrons. The molecule has 28 heavy (non-hydrogen) atoms. The van der Waals surface area contributed by atoms with Gasteiger partial charge in [0.1, 0.15) is 11.6 Å². The number of aromatic nitrogens is 2. The number of para-hydroxylation sites is 2. The first-order chi connectivity index (χ1) is 13.6. The lowest BCUT2D eigenvalue weighted by molar-refractivity contribution is 0.140. The van der Waals surface area contributed by atoms with E-state index in [1.54, 1.807) is 7.11 Å². The Bertz CT molecular complexity index is 976. The number of benzene rings is 2. The van der Waals surface area contributed by atoms with Gasteiger partial charge in [-0.15, -0.1) is 0 Å². The number of amides is 2. The van der Waals surface area contributed by atoms with Crippen LogP contribution in [0.15, 0.2) is 48.5 Å². The zero-order chi connectivity index (χ0) is 19.5. The zero-order valence-corrected chi connectivity index (χ0v) is 16.3. The maximum atomic E-state index is 12.5. The highest BCUT2D eigenvalue weighted by Crippen LogP contribution is 2.18. The summed E-state index contributed by atoms with van der Waals surface area (Å²) in [5.41, 5.74) is 2.91. The molecule has 1 aliphatic heterocycles. The second kappa shape index (κ2) is 7.90. The molecular formula is C21H25N5O2. The van der Waals surface area contributed by atoms with E-state index in [9.17, 15) is 4.79 Å². The standard InChI is InChI=1S/C21H25N5O2/c1-24-19-9-4-3-8-18(19)23-20(24)15-25-10-12-26(13-11-25)21(27)22-16-6-5-7-17(14-16)28-2/h3-9,14H,10-13,15H2,1-2H3,(H,22,27). The van der Waals surface area contributed by atoms with Gasteiger partial charge in [0.15, 0.2) is 0 Å². The number of fused-ring (bicyclic) bond motifs is 1. The van der Waals surface area contributed by atoms with Gasteiger partial charge in [0.2, 0.25) is 0 Å². The summed E-state index contributed by atoms with van der Waals surface area (Å²) in [5.74, 6) is 1.78. The Morgan fingerprint density at radius 3 is 2.64 bits per heavy atom. The van der Waals surface area contributed by atoms with Gasteiger partial charge in [-0.3, -0.25) is 4.90 Å². The van der Waals surface area contributed by atoms with Crippen LogP contribution in [0.1, 0.15) is 5.82 Å². The van der Waals surface area contributed by atoms with Gasteiger partial charge in [-0.2, -0.15) is 0 Å². The monoisotopic (exact) mass is 379 g/mol. The molecule has 2 heterocycles. The summed E-state index contributed by atoms with van der Waals surface area (Å²) in [6.45, 7) is 3.83. The molecule has 0 spiro atoms. The van der Waals surface area contributed by atoms with E-state index >= 15 is 0 Å². The molecule has 7 heteroatoms. The maximum Gasteiger partial charge on any atom is 0.321 e. The number of hydrogen-bond donors (Lipinski definition) is 1. The largest absolute Gasteiger partial charge is 0.497 e. The van der Waals surface area contributed by atoms with E-state index < -0.39 is 0 Å². The highest BCUT2D eigenvalue weighted by Gasteiger charge is 2.22. The number of nitrogens with zero attached hydrogens (tertiary/aromatic N) is 4. The molecule has 2 amide bonds. The van der Waals surface area contributed by atoms with Crippen LogP contribution in [0.2, 0.25) is 0 Å². The Morgan fingerprint density at radius 2 is 1.89 bits per heavy atom. The predicted octanol–water partition coefficient (Wildman–Crippen LogP) is 2.93. The van der Waals surface area contributed by atoms with Crippen molar-refractivity contribution in [1.82, 2.24) is 19.4 Å². The van der Waals surface area contributed by atoms with Crippen LogP contribution < -0.4 is 10.1 Å². The van der Waals surface area contributed by atoms with Gasteiger partial charge in [-0.05, 0) is 24.3 Å². The molecule has 1 aliphatic rings. The van der Waals surface area contributed by atoms with Gasteiger partial charge in [0.05, 0.1) is 24.7 Å². The smallest absolute Gasteiger partial charge is 0.321 e. The Morgan fingerprint density at radius 1 is 1.11 bits per heavy atom. The predicted molar refractivity (Wildman–Crippen MR) is 110 cm³/mol. The van der Waals surface area contributed by atoms with E-state index in [1.165, 1.54) is 0 Å². The van der Waals surface area contributed by atoms with Crippen molar-refractivity contribution >= 4 is 22.8 Å². The van der Waals surface area contributed by atoms with Crippen molar-refractivity contribution in [2.24, 2.45) is 7.05 Å². The van der Waals surface area contributed by atoms with E-state index in [4.69, 9.17) is 9.72 Å². The summed E-state index contributed by atoms with van der Waals surface area (Å²) >= 11 is 0. The molecule has 0 saturated carbocycles. The average molecular weight is 379 g/mol. The summed E-state index contributed by atoms with van der Waals surface area (Å²) in [6, 6.07) is 15.5. The van der Waals surface area contributed by atoms with Gasteiger partial charge in [-0.1, -0.05) is 18.2 Å². The van der Waals surface area contributed by atoms with Crippen molar-refractivity contribution in [2.75, 3.05) is 38.6 Å². The molecule has 0 atom stereocenters. The number of hydrogen-bond acceptors (Lipinski definition) is 4. The molecule has 4 rings (SSSR count). The number of carbonyl (C=O) groups excluding carboxylic acids is 1. The van der Waals surface area contributed by atoms with Gasteiger partial charge in [0, 0.05) is 45.0 Å². The number of piperazine rings is 1. The van der Waals surface area contributed by atoms with Crippen LogP contribution in [0.25, 0.3) is 11.0 Å². The number of anilines is 1. The molecule has 0 bridgehead atoms. The first kappa shape index (κ1) is 18.3. The second-order valence-corrected chi connectivity index (χ2v) is 7.00. The van der Waals surface area contributed by atoms with Crippen molar-refractivity contribution in [1.29, 1.82) is 0 Å². The molecule has 146 valence electrons. The fourth-order valence-corrected chi connectivity index (χ4v) is 3.55. The van der Waals surface area contributed by atoms with Crippen molar-refractivity contribution in [3.8, 4) is 5.75 Å². The number of carbonyl (C=O) groups is 1. The Hall–Kier alpha value is -3.06. The van der Waals surface area contributed by atoms with Crippen LogP contribution in [0, 0.1) is 0 Å². The van der Waals surface area contributed by atoms with Gasteiger partial charge < -0.3 is 19.5 Å². The summed E-state index contributed by atoms with van der Waals surface area (Å²) in [4.78, 5) is 21.5. The Balaban J connectivity index is 1.33. The third-order valence-electron chi connectivity index (χ3n) is 5.23. The number of nitrogens with one attached hydrogen (secondary N) is 1. The molecule has 0 unspecified atom stereocenters. The van der Waals surface area contributed by atoms with Crippen LogP contribution in [0.3, 0.4) is 0 Å². The number of aryl methyl sites for hydroxylation is 1. The van der Waals surface area contributed by atoms with Gasteiger partial charge >= 0.3 is 6.03 Å². The van der Waals surface area contributed by atoms with Crippen molar-refractivity contribution in [3.05, 3.63) is 54.4 Å². The molecule has 7 nitrogen and oxygen atoms in total. The lowest BCUT2D eigenvalue weighted by atomic mass is 10.3. The van der Waals surface area contributed by atoms with Crippen molar-refractivity contribution in [3.63, 3.8) is 0 Å². The third kappa shape index (κ3) is 3.80. The van der Waals surface area contributed by atoms with E-state index in [1.807, 2.05) is 47.4 Å². The molecule has 1 aromatic heterocycles. The molecule has 2 aromatic carbocycles. The fraction of sp³-hybridized carbons (Fsp3) is 0.333. The van der Waals surface area contributed by atoms with E-state index in [0.29, 0.717) is 13.1 Å². The van der Waals surface area contributed by atoms with Crippen LogP contribution in [-0.2, 0) is 13.6 Å². The Kier molecular flexibility index (Phi) is 5.16. The molecule has 0 aliphatic carbocycles. The number of urea groups is 1. The Labute approximate surface area is 164 Å². The quantitative estimate of drug-likeness (QED) is 0.757. The maximum absolute atomic E-state index is 12.5. The molecule has 3 aromatic rings. The number of ether oxygens (including phenoxy) is 1. The third-order valence-corrected chi connectivity index (χ3v) is 5.23. The van der Waals surface area contributed by atoms with Crippen molar-refractivity contribution < 1.29 is 9.53 Å². The zero-order valence-electron chi connectivity index (χ0n) is 16.3. The topological polar surface area (TPSA) is 62.6 Å². The van der Waals surface area contributed by atoms with Crippen molar-refractivity contribution in [2.45, 2.75) is 6.54 Å². The normalized spacial score (nSPS) is 15.0. The van der Waals surface area contributed by atoms with E-state index in [2.05, 4.69) is 27.9 Å². The SMILES string of the molecule is COc1cccc(NC(=O)N2CCN(Cc3nc4ccccc4n3C)CC2)c1. The lowest BCUT2D eigenvalue weighted by Gasteiger charge is -2.34. The summed E-state index contributed by atoms with van der Waals surface area (Å²) < 4.78 is 7.35. The average Bonchev–Trinajstić information content (AvgIpc) is 3.04. The second-order valence-electron chi connectivity index (χ2n) is 7.00. The van der Waals surface area contributed by atoms with E-state index in [0.717, 1.165) is 47.9 Å². The van der Waals surface area contributed by atoms with Crippen LogP contribution in [-0.4, -0.2) is 58.7 Å². The van der Waals surface area contributed by atoms with E-state index in [-0.39, 0.29) is 6.03 Å². The van der Waals surface area contributed by atoms with Crippen LogP contribution in [0.4, 0.5) is 10.5 Å². The molecule has 1 saturated heterocycles. The first-order valence-corrected chi connectivity index (χ1v) is 9.47. The summed E-state index contributed by atoms with van der Waals surface area (Å²) in [7, 11) is 3.67. The summed E-state index contributed by atoms with van der Waals surface area (Å²) in [6.07, 6.45) is 0. The number of rotatable bonds is 4. The number of methoxy groups -OCH3 is 1. The molecule has 1 fully saturated rings. The first-order valence-electron chi connectivity index (χ1n) is 9.47. The van der Waals surface area contributed by atoms with Gasteiger partial charge in [-0.25, -0.2) is 9.78 Å². The summed E-state index contributed by atoms with van der Waals surface area (Å²) in [5, 5.41) is 2.95. The van der Waals surface area contributed by atoms with Gasteiger partial charge in [0.25, 0.3) is 0 Å². The minimum absolute atomic E-state index is 0.0735. The lowest BCUT2D eigenvalue weighted by Crippen LogP contribution is -2.49. The highest BCUT2D eigenvalue weighted by molar-refractivity contribution is 5.89. The number of imidazole rings is 1. The van der Waals surface area contributed by atoms with Crippen LogP contribution in [0.5, 0.6) is 5.75 Å².